The molecule has 0 heterocycles. The van der Waals surface area contributed by atoms with Gasteiger partial charge in [-0.2, -0.15) is 13.2 Å². The molecule has 4 nitrogen and oxygen atoms in total. The van der Waals surface area contributed by atoms with Gasteiger partial charge in [-0.15, -0.1) is 0 Å². The van der Waals surface area contributed by atoms with Crippen molar-refractivity contribution in [2.24, 2.45) is 0 Å². The molecule has 0 aromatic rings. The first-order valence-corrected chi connectivity index (χ1v) is 5.43. The van der Waals surface area contributed by atoms with Crippen LogP contribution in [0.4, 0.5) is 13.2 Å². The molecule has 0 spiro atoms. The highest BCUT2D eigenvalue weighted by Gasteiger charge is 2.51. The SMILES string of the molecule is C=CC(=O)N(C)CC(=O)NC1(CC(F)(F)F)CC1. The molecule has 0 aliphatic heterocycles. The van der Waals surface area contributed by atoms with Crippen molar-refractivity contribution in [3.8, 4) is 0 Å². The average molecular weight is 264 g/mol. The van der Waals surface area contributed by atoms with Crippen LogP contribution in [-0.2, 0) is 9.59 Å². The average Bonchev–Trinajstić information content (AvgIpc) is 2.92. The molecular formula is C11H15F3N2O2. The van der Waals surface area contributed by atoms with Gasteiger partial charge in [0, 0.05) is 12.6 Å². The van der Waals surface area contributed by atoms with Gasteiger partial charge in [-0.3, -0.25) is 9.59 Å². The van der Waals surface area contributed by atoms with Crippen molar-refractivity contribution in [2.45, 2.75) is 31.0 Å². The van der Waals surface area contributed by atoms with E-state index in [0.29, 0.717) is 12.8 Å². The van der Waals surface area contributed by atoms with Crippen LogP contribution >= 0.6 is 0 Å². The topological polar surface area (TPSA) is 49.4 Å². The number of nitrogens with zero attached hydrogens (tertiary/aromatic N) is 1. The van der Waals surface area contributed by atoms with E-state index in [2.05, 4.69) is 11.9 Å². The quantitative estimate of drug-likeness (QED) is 0.759. The predicted molar refractivity (Wildman–Crippen MR) is 58.6 cm³/mol. The fourth-order valence-corrected chi connectivity index (χ4v) is 1.67. The number of hydrogen-bond acceptors (Lipinski definition) is 2. The minimum absolute atomic E-state index is 0.273. The Labute approximate surface area is 103 Å². The van der Waals surface area contributed by atoms with Crippen LogP contribution in [0, 0.1) is 0 Å². The second-order valence-corrected chi connectivity index (χ2v) is 4.52. The largest absolute Gasteiger partial charge is 0.391 e. The summed E-state index contributed by atoms with van der Waals surface area (Å²) in [5.41, 5.74) is -1.16. The first-order valence-electron chi connectivity index (χ1n) is 5.43. The van der Waals surface area contributed by atoms with E-state index in [-0.39, 0.29) is 6.54 Å². The maximum Gasteiger partial charge on any atom is 0.391 e. The summed E-state index contributed by atoms with van der Waals surface area (Å²) in [5, 5.41) is 2.35. The van der Waals surface area contributed by atoms with Gasteiger partial charge in [0.15, 0.2) is 0 Å². The lowest BCUT2D eigenvalue weighted by Gasteiger charge is -2.21. The summed E-state index contributed by atoms with van der Waals surface area (Å²) in [7, 11) is 1.38. The summed E-state index contributed by atoms with van der Waals surface area (Å²) in [4.78, 5) is 23.7. The maximum absolute atomic E-state index is 12.3. The molecule has 2 amide bonds. The lowest BCUT2D eigenvalue weighted by molar-refractivity contribution is -0.145. The summed E-state index contributed by atoms with van der Waals surface area (Å²) in [6.07, 6.45) is -3.65. The monoisotopic (exact) mass is 264 g/mol. The van der Waals surface area contributed by atoms with E-state index >= 15 is 0 Å². The van der Waals surface area contributed by atoms with Crippen LogP contribution in [0.5, 0.6) is 0 Å². The van der Waals surface area contributed by atoms with Gasteiger partial charge in [0.25, 0.3) is 0 Å². The molecule has 1 fully saturated rings. The molecule has 1 aliphatic carbocycles. The van der Waals surface area contributed by atoms with Crippen molar-refractivity contribution in [3.63, 3.8) is 0 Å². The fraction of sp³-hybridized carbons (Fsp3) is 0.636. The smallest absolute Gasteiger partial charge is 0.349 e. The third-order valence-electron chi connectivity index (χ3n) is 2.73. The molecule has 0 saturated heterocycles. The molecule has 1 N–H and O–H groups in total. The van der Waals surface area contributed by atoms with Crippen molar-refractivity contribution in [2.75, 3.05) is 13.6 Å². The zero-order valence-electron chi connectivity index (χ0n) is 10.0. The number of carbonyl (C=O) groups excluding carboxylic acids is 2. The van der Waals surface area contributed by atoms with Crippen LogP contribution in [0.2, 0.25) is 0 Å². The Kier molecular flexibility index (Phi) is 4.03. The van der Waals surface area contributed by atoms with Crippen LogP contribution in [0.15, 0.2) is 12.7 Å². The third-order valence-corrected chi connectivity index (χ3v) is 2.73. The Hall–Kier alpha value is -1.53. The van der Waals surface area contributed by atoms with Crippen molar-refractivity contribution < 1.29 is 22.8 Å². The van der Waals surface area contributed by atoms with E-state index in [1.807, 2.05) is 0 Å². The number of likely N-dealkylation sites (N-methyl/N-ethyl adjacent to an activating group) is 1. The van der Waals surface area contributed by atoms with Crippen molar-refractivity contribution in [3.05, 3.63) is 12.7 Å². The number of alkyl halides is 3. The number of carbonyl (C=O) groups is 2. The van der Waals surface area contributed by atoms with Crippen LogP contribution in [0.25, 0.3) is 0 Å². The number of halogens is 3. The molecule has 0 radical (unpaired) electrons. The number of amides is 2. The molecule has 0 bridgehead atoms. The summed E-state index contributed by atoms with van der Waals surface area (Å²) in [6.45, 7) is 2.98. The highest BCUT2D eigenvalue weighted by atomic mass is 19.4. The Bertz CT molecular complexity index is 362. The molecule has 1 aliphatic rings. The summed E-state index contributed by atoms with van der Waals surface area (Å²) < 4.78 is 36.8. The van der Waals surface area contributed by atoms with E-state index < -0.39 is 30.0 Å². The lowest BCUT2D eigenvalue weighted by Crippen LogP contribution is -2.45. The Morgan fingerprint density at radius 1 is 1.44 bits per heavy atom. The first-order chi connectivity index (χ1) is 8.17. The van der Waals surface area contributed by atoms with E-state index in [1.54, 1.807) is 0 Å². The first kappa shape index (κ1) is 14.5. The molecular weight excluding hydrogens is 249 g/mol. The normalized spacial score (nSPS) is 16.9. The molecule has 1 rings (SSSR count). The van der Waals surface area contributed by atoms with Crippen LogP contribution in [0.3, 0.4) is 0 Å². The van der Waals surface area contributed by atoms with Gasteiger partial charge in [0.1, 0.15) is 0 Å². The second-order valence-electron chi connectivity index (χ2n) is 4.52. The van der Waals surface area contributed by atoms with Crippen molar-refractivity contribution in [1.29, 1.82) is 0 Å². The third kappa shape index (κ3) is 4.38. The molecule has 0 unspecified atom stereocenters. The van der Waals surface area contributed by atoms with Crippen LogP contribution < -0.4 is 5.32 Å². The molecule has 7 heteroatoms. The van der Waals surface area contributed by atoms with E-state index in [9.17, 15) is 22.8 Å². The van der Waals surface area contributed by atoms with Gasteiger partial charge >= 0.3 is 6.18 Å². The molecule has 18 heavy (non-hydrogen) atoms. The Balaban J connectivity index is 2.46. The molecule has 1 saturated carbocycles. The van der Waals surface area contributed by atoms with Gasteiger partial charge < -0.3 is 10.2 Å². The molecule has 0 aromatic heterocycles. The lowest BCUT2D eigenvalue weighted by atomic mass is 10.1. The van der Waals surface area contributed by atoms with E-state index in [0.717, 1.165) is 11.0 Å². The van der Waals surface area contributed by atoms with Gasteiger partial charge in [0.2, 0.25) is 11.8 Å². The minimum Gasteiger partial charge on any atom is -0.349 e. The molecule has 102 valence electrons. The zero-order valence-corrected chi connectivity index (χ0v) is 10.0. The Morgan fingerprint density at radius 3 is 2.39 bits per heavy atom. The number of rotatable bonds is 5. The number of hydrogen-bond donors (Lipinski definition) is 1. The van der Waals surface area contributed by atoms with Crippen molar-refractivity contribution in [1.82, 2.24) is 10.2 Å². The van der Waals surface area contributed by atoms with Gasteiger partial charge in [-0.05, 0) is 18.9 Å². The van der Waals surface area contributed by atoms with Gasteiger partial charge in [-0.25, -0.2) is 0 Å². The van der Waals surface area contributed by atoms with Crippen molar-refractivity contribution >= 4 is 11.8 Å². The zero-order chi connectivity index (χ0) is 14.0. The number of nitrogens with one attached hydrogen (secondary N) is 1. The highest BCUT2D eigenvalue weighted by molar-refractivity contribution is 5.90. The fourth-order valence-electron chi connectivity index (χ4n) is 1.67. The van der Waals surface area contributed by atoms with Gasteiger partial charge in [-0.1, -0.05) is 6.58 Å². The van der Waals surface area contributed by atoms with Gasteiger partial charge in [0.05, 0.1) is 13.0 Å². The summed E-state index contributed by atoms with van der Waals surface area (Å²) in [5.74, 6) is -1.04. The van der Waals surface area contributed by atoms with Crippen LogP contribution in [0.1, 0.15) is 19.3 Å². The van der Waals surface area contributed by atoms with Crippen LogP contribution in [-0.4, -0.2) is 42.0 Å². The minimum atomic E-state index is -4.30. The molecule has 0 atom stereocenters. The predicted octanol–water partition coefficient (Wildman–Crippen LogP) is 1.23. The van der Waals surface area contributed by atoms with E-state index in [1.165, 1.54) is 7.05 Å². The maximum atomic E-state index is 12.3. The second kappa shape index (κ2) is 4.99. The summed E-state index contributed by atoms with van der Waals surface area (Å²) in [6, 6.07) is 0. The highest BCUT2D eigenvalue weighted by Crippen LogP contribution is 2.44. The molecule has 0 aromatic carbocycles. The van der Waals surface area contributed by atoms with E-state index in [4.69, 9.17) is 0 Å². The summed E-state index contributed by atoms with van der Waals surface area (Å²) >= 11 is 0. The standard InChI is InChI=1S/C11H15F3N2O2/c1-3-9(18)16(2)6-8(17)15-10(4-5-10)7-11(12,13)14/h3H,1,4-7H2,2H3,(H,15,17). The Morgan fingerprint density at radius 2 is 2.00 bits per heavy atom.